The van der Waals surface area contributed by atoms with Gasteiger partial charge in [-0.25, -0.2) is 4.68 Å². The molecule has 0 spiro atoms. The Morgan fingerprint density at radius 1 is 1.03 bits per heavy atom. The van der Waals surface area contributed by atoms with Crippen LogP contribution in [-0.2, 0) is 4.79 Å². The highest BCUT2D eigenvalue weighted by Crippen LogP contribution is 2.41. The third-order valence-electron chi connectivity index (χ3n) is 5.76. The van der Waals surface area contributed by atoms with Crippen LogP contribution in [0.4, 0.5) is 11.6 Å². The Kier molecular flexibility index (Phi) is 6.19. The lowest BCUT2D eigenvalue weighted by atomic mass is 9.95. The topological polar surface area (TPSA) is 81.1 Å². The number of fused-ring (bicyclic) bond motifs is 1. The van der Waals surface area contributed by atoms with Crippen molar-refractivity contribution in [2.75, 3.05) is 17.7 Å². The van der Waals surface area contributed by atoms with Crippen LogP contribution in [0.25, 0.3) is 11.4 Å². The van der Waals surface area contributed by atoms with Crippen molar-refractivity contribution in [2.24, 2.45) is 0 Å². The molecule has 2 heterocycles. The van der Waals surface area contributed by atoms with Crippen LogP contribution < -0.4 is 15.4 Å². The van der Waals surface area contributed by atoms with Crippen molar-refractivity contribution in [1.29, 1.82) is 0 Å². The molecule has 1 aliphatic rings. The minimum atomic E-state index is -0.669. The van der Waals surface area contributed by atoms with E-state index in [4.69, 9.17) is 33.0 Å². The molecule has 176 valence electrons. The van der Waals surface area contributed by atoms with E-state index in [0.29, 0.717) is 50.1 Å². The summed E-state index contributed by atoms with van der Waals surface area (Å²) in [6, 6.07) is 21.5. The molecular weight excluding hydrogens is 485 g/mol. The highest BCUT2D eigenvalue weighted by Gasteiger charge is 2.36. The molecule has 7 nitrogen and oxygen atoms in total. The van der Waals surface area contributed by atoms with Gasteiger partial charge in [0.15, 0.2) is 5.82 Å². The molecule has 9 heteroatoms. The van der Waals surface area contributed by atoms with Crippen LogP contribution in [0.1, 0.15) is 18.5 Å². The summed E-state index contributed by atoms with van der Waals surface area (Å²) < 4.78 is 7.07. The predicted octanol–water partition coefficient (Wildman–Crippen LogP) is 6.19. The number of carbonyl (C=O) groups excluding carboxylic acids is 1. The number of para-hydroxylation sites is 2. The molecule has 2 N–H and O–H groups in total. The van der Waals surface area contributed by atoms with Crippen LogP contribution in [0.15, 0.2) is 84.1 Å². The van der Waals surface area contributed by atoms with Crippen molar-refractivity contribution in [3.05, 3.63) is 99.7 Å². The molecule has 0 radical (unpaired) electrons. The summed E-state index contributed by atoms with van der Waals surface area (Å²) in [5.74, 6) is 1.24. The Morgan fingerprint density at radius 2 is 1.77 bits per heavy atom. The second kappa shape index (κ2) is 9.44. The summed E-state index contributed by atoms with van der Waals surface area (Å²) in [5, 5.41) is 11.7. The van der Waals surface area contributed by atoms with E-state index in [9.17, 15) is 4.79 Å². The number of nitrogens with zero attached hydrogens (tertiary/aromatic N) is 3. The molecule has 1 amide bonds. The lowest BCUT2D eigenvalue weighted by Gasteiger charge is -2.29. The van der Waals surface area contributed by atoms with E-state index in [1.807, 2.05) is 55.5 Å². The molecule has 0 aliphatic carbocycles. The fourth-order valence-corrected chi connectivity index (χ4v) is 4.52. The molecule has 35 heavy (non-hydrogen) atoms. The Bertz CT molecular complexity index is 1450. The third kappa shape index (κ3) is 4.24. The van der Waals surface area contributed by atoms with Gasteiger partial charge in [-0.2, -0.15) is 4.98 Å². The van der Waals surface area contributed by atoms with Gasteiger partial charge in [-0.3, -0.25) is 4.79 Å². The SMILES string of the molecule is COc1ccccc1NC(=O)C1=C(C)Nc2nc(-c3ccccc3)nn2C1c1cccc(Cl)c1Cl. The highest BCUT2D eigenvalue weighted by atomic mass is 35.5. The lowest BCUT2D eigenvalue weighted by Crippen LogP contribution is -2.31. The molecule has 0 saturated heterocycles. The highest BCUT2D eigenvalue weighted by molar-refractivity contribution is 6.42. The number of amides is 1. The first-order valence-electron chi connectivity index (χ1n) is 10.9. The summed E-state index contributed by atoms with van der Waals surface area (Å²) >= 11 is 13.0. The summed E-state index contributed by atoms with van der Waals surface area (Å²) in [7, 11) is 1.55. The minimum Gasteiger partial charge on any atom is -0.495 e. The zero-order chi connectivity index (χ0) is 24.5. The molecule has 0 bridgehead atoms. The number of anilines is 2. The molecule has 1 aromatic heterocycles. The van der Waals surface area contributed by atoms with Gasteiger partial charge in [-0.15, -0.1) is 5.10 Å². The maximum absolute atomic E-state index is 13.7. The fourth-order valence-electron chi connectivity index (χ4n) is 4.11. The number of ether oxygens (including phenoxy) is 1. The second-order valence-electron chi connectivity index (χ2n) is 7.93. The largest absolute Gasteiger partial charge is 0.495 e. The normalized spacial score (nSPS) is 14.8. The van der Waals surface area contributed by atoms with Gasteiger partial charge < -0.3 is 15.4 Å². The number of nitrogens with one attached hydrogen (secondary N) is 2. The van der Waals surface area contributed by atoms with Gasteiger partial charge in [-0.05, 0) is 25.1 Å². The van der Waals surface area contributed by atoms with Gasteiger partial charge in [0.25, 0.3) is 5.91 Å². The van der Waals surface area contributed by atoms with Crippen molar-refractivity contribution >= 4 is 40.7 Å². The monoisotopic (exact) mass is 505 g/mol. The lowest BCUT2D eigenvalue weighted by molar-refractivity contribution is -0.113. The predicted molar refractivity (Wildman–Crippen MR) is 138 cm³/mol. The van der Waals surface area contributed by atoms with Gasteiger partial charge >= 0.3 is 0 Å². The van der Waals surface area contributed by atoms with Gasteiger partial charge in [0, 0.05) is 16.8 Å². The average molecular weight is 506 g/mol. The van der Waals surface area contributed by atoms with Gasteiger partial charge in [-0.1, -0.05) is 77.8 Å². The zero-order valence-electron chi connectivity index (χ0n) is 18.9. The first-order valence-corrected chi connectivity index (χ1v) is 11.6. The van der Waals surface area contributed by atoms with Crippen LogP contribution in [0.2, 0.25) is 10.0 Å². The fraction of sp³-hybridized carbons (Fsp3) is 0.115. The molecule has 1 atom stereocenters. The number of carbonyl (C=O) groups is 1. The van der Waals surface area contributed by atoms with E-state index in [1.54, 1.807) is 36.1 Å². The summed E-state index contributed by atoms with van der Waals surface area (Å²) in [6.07, 6.45) is 0. The Hall–Kier alpha value is -3.81. The van der Waals surface area contributed by atoms with Crippen LogP contribution in [0.3, 0.4) is 0 Å². The maximum atomic E-state index is 13.7. The van der Waals surface area contributed by atoms with Crippen LogP contribution in [-0.4, -0.2) is 27.8 Å². The molecule has 5 rings (SSSR count). The number of hydrogen-bond donors (Lipinski definition) is 2. The van der Waals surface area contributed by atoms with Gasteiger partial charge in [0.2, 0.25) is 5.95 Å². The summed E-state index contributed by atoms with van der Waals surface area (Å²) in [6.45, 7) is 1.82. The number of benzene rings is 3. The smallest absolute Gasteiger partial charge is 0.255 e. The van der Waals surface area contributed by atoms with E-state index < -0.39 is 6.04 Å². The summed E-state index contributed by atoms with van der Waals surface area (Å²) in [5.41, 5.74) is 3.08. The molecular formula is C26H21Cl2N5O2. The maximum Gasteiger partial charge on any atom is 0.255 e. The van der Waals surface area contributed by atoms with Crippen molar-refractivity contribution < 1.29 is 9.53 Å². The van der Waals surface area contributed by atoms with Crippen LogP contribution in [0.5, 0.6) is 5.75 Å². The van der Waals surface area contributed by atoms with E-state index in [0.717, 1.165) is 5.56 Å². The van der Waals surface area contributed by atoms with Crippen molar-refractivity contribution in [2.45, 2.75) is 13.0 Å². The number of methoxy groups -OCH3 is 1. The van der Waals surface area contributed by atoms with E-state index >= 15 is 0 Å². The Balaban J connectivity index is 1.64. The summed E-state index contributed by atoms with van der Waals surface area (Å²) in [4.78, 5) is 18.4. The van der Waals surface area contributed by atoms with Crippen LogP contribution in [0, 0.1) is 0 Å². The van der Waals surface area contributed by atoms with E-state index in [-0.39, 0.29) is 5.91 Å². The molecule has 1 unspecified atom stereocenters. The number of halogens is 2. The number of aromatic nitrogens is 3. The molecule has 0 fully saturated rings. The van der Waals surface area contributed by atoms with Gasteiger partial charge in [0.1, 0.15) is 11.8 Å². The van der Waals surface area contributed by atoms with Gasteiger partial charge in [0.05, 0.1) is 28.4 Å². The average Bonchev–Trinajstić information content (AvgIpc) is 3.29. The number of rotatable bonds is 5. The first kappa shape index (κ1) is 23.0. The molecule has 1 aliphatic heterocycles. The standard InChI is InChI=1S/C26H21Cl2N5O2/c1-15-21(25(34)30-19-13-6-7-14-20(19)35-2)23(17-11-8-12-18(27)22(17)28)33-26(29-15)31-24(32-33)16-9-4-3-5-10-16/h3-14,23H,1-2H3,(H,30,34)(H,29,31,32). The quantitative estimate of drug-likeness (QED) is 0.338. The first-order chi connectivity index (χ1) is 17.0. The van der Waals surface area contributed by atoms with E-state index in [2.05, 4.69) is 15.6 Å². The second-order valence-corrected chi connectivity index (χ2v) is 8.72. The van der Waals surface area contributed by atoms with Crippen molar-refractivity contribution in [1.82, 2.24) is 14.8 Å². The number of allylic oxidation sites excluding steroid dienone is 1. The van der Waals surface area contributed by atoms with Crippen LogP contribution >= 0.6 is 23.2 Å². The van der Waals surface area contributed by atoms with Crippen molar-refractivity contribution in [3.8, 4) is 17.1 Å². The van der Waals surface area contributed by atoms with E-state index in [1.165, 1.54) is 0 Å². The Morgan fingerprint density at radius 3 is 2.54 bits per heavy atom. The third-order valence-corrected chi connectivity index (χ3v) is 6.59. The molecule has 3 aromatic carbocycles. The molecule has 0 saturated carbocycles. The zero-order valence-corrected chi connectivity index (χ0v) is 20.4. The number of hydrogen-bond acceptors (Lipinski definition) is 5. The Labute approximate surface area is 212 Å². The van der Waals surface area contributed by atoms with Crippen molar-refractivity contribution in [3.63, 3.8) is 0 Å². The molecule has 4 aromatic rings. The minimum absolute atomic E-state index is 0.331.